The molecule has 0 heterocycles. The summed E-state index contributed by atoms with van der Waals surface area (Å²) in [5, 5.41) is 2.76. The van der Waals surface area contributed by atoms with Crippen molar-refractivity contribution in [3.63, 3.8) is 0 Å². The van der Waals surface area contributed by atoms with Gasteiger partial charge in [-0.3, -0.25) is 4.79 Å². The zero-order valence-electron chi connectivity index (χ0n) is 11.0. The predicted molar refractivity (Wildman–Crippen MR) is 83.8 cm³/mol. The second-order valence-electron chi connectivity index (χ2n) is 5.06. The molecule has 1 aliphatic carbocycles. The fourth-order valence-corrected chi connectivity index (χ4v) is 4.26. The van der Waals surface area contributed by atoms with Gasteiger partial charge in [-0.25, -0.2) is 8.42 Å². The van der Waals surface area contributed by atoms with E-state index in [0.717, 1.165) is 18.9 Å². The van der Waals surface area contributed by atoms with Gasteiger partial charge in [-0.05, 0) is 30.9 Å². The Bertz CT molecular complexity index is 655. The Labute approximate surface area is 138 Å². The standard InChI is InChI=1S/C13H14Cl3NO3S/c14-10-6-11(15)12(21(16,19)20)5-9(10)13(18)17-7-8-3-1-2-4-8/h5-6,8H,1-4,7H2,(H,17,18). The molecule has 0 saturated heterocycles. The maximum Gasteiger partial charge on any atom is 0.262 e. The first-order valence-electron chi connectivity index (χ1n) is 6.51. The van der Waals surface area contributed by atoms with E-state index in [0.29, 0.717) is 12.5 Å². The van der Waals surface area contributed by atoms with Gasteiger partial charge < -0.3 is 5.32 Å². The number of benzene rings is 1. The van der Waals surface area contributed by atoms with Gasteiger partial charge >= 0.3 is 0 Å². The number of nitrogens with one attached hydrogen (secondary N) is 1. The van der Waals surface area contributed by atoms with Gasteiger partial charge in [0.2, 0.25) is 0 Å². The van der Waals surface area contributed by atoms with Crippen LogP contribution in [-0.2, 0) is 9.05 Å². The van der Waals surface area contributed by atoms with Crippen LogP contribution in [0.1, 0.15) is 36.0 Å². The molecule has 4 nitrogen and oxygen atoms in total. The van der Waals surface area contributed by atoms with Gasteiger partial charge in [-0.2, -0.15) is 0 Å². The Kier molecular flexibility index (Phi) is 5.41. The molecule has 1 aromatic carbocycles. The van der Waals surface area contributed by atoms with Gasteiger partial charge in [-0.15, -0.1) is 0 Å². The first-order valence-corrected chi connectivity index (χ1v) is 9.57. The molecular formula is C13H14Cl3NO3S. The molecule has 2 rings (SSSR count). The second kappa shape index (κ2) is 6.73. The summed E-state index contributed by atoms with van der Waals surface area (Å²) in [6, 6.07) is 2.32. The van der Waals surface area contributed by atoms with Crippen LogP contribution in [0.25, 0.3) is 0 Å². The van der Waals surface area contributed by atoms with Crippen molar-refractivity contribution in [1.82, 2.24) is 5.32 Å². The van der Waals surface area contributed by atoms with Crippen LogP contribution < -0.4 is 5.32 Å². The fraction of sp³-hybridized carbons (Fsp3) is 0.462. The molecule has 0 bridgehead atoms. The van der Waals surface area contributed by atoms with E-state index in [1.54, 1.807) is 0 Å². The van der Waals surface area contributed by atoms with Crippen LogP contribution in [0.4, 0.5) is 0 Å². The van der Waals surface area contributed by atoms with Crippen molar-refractivity contribution in [2.24, 2.45) is 5.92 Å². The van der Waals surface area contributed by atoms with Gasteiger partial charge in [-0.1, -0.05) is 36.0 Å². The number of hydrogen-bond acceptors (Lipinski definition) is 3. The summed E-state index contributed by atoms with van der Waals surface area (Å²) in [5.41, 5.74) is 0.0540. The molecule has 1 fully saturated rings. The van der Waals surface area contributed by atoms with Gasteiger partial charge in [0.05, 0.1) is 15.6 Å². The molecule has 0 radical (unpaired) electrons. The molecule has 0 spiro atoms. The van der Waals surface area contributed by atoms with Crippen molar-refractivity contribution in [2.45, 2.75) is 30.6 Å². The SMILES string of the molecule is O=C(NCC1CCCC1)c1cc(S(=O)(=O)Cl)c(Cl)cc1Cl. The molecule has 1 aliphatic rings. The molecule has 0 aliphatic heterocycles. The third-order valence-electron chi connectivity index (χ3n) is 3.55. The van der Waals surface area contributed by atoms with Crippen molar-refractivity contribution in [3.05, 3.63) is 27.7 Å². The summed E-state index contributed by atoms with van der Waals surface area (Å²) in [5.74, 6) is 0.0430. The molecule has 1 N–H and O–H groups in total. The normalized spacial score (nSPS) is 16.1. The average molecular weight is 371 g/mol. The van der Waals surface area contributed by atoms with Crippen molar-refractivity contribution in [1.29, 1.82) is 0 Å². The van der Waals surface area contributed by atoms with E-state index in [2.05, 4.69) is 5.32 Å². The molecule has 21 heavy (non-hydrogen) atoms. The van der Waals surface area contributed by atoms with Crippen molar-refractivity contribution >= 4 is 48.8 Å². The molecule has 0 unspecified atom stereocenters. The van der Waals surface area contributed by atoms with E-state index in [9.17, 15) is 13.2 Å². The number of rotatable bonds is 4. The lowest BCUT2D eigenvalue weighted by atomic mass is 10.1. The Morgan fingerprint density at radius 1 is 1.19 bits per heavy atom. The van der Waals surface area contributed by atoms with E-state index >= 15 is 0 Å². The molecule has 1 aromatic rings. The summed E-state index contributed by atoms with van der Waals surface area (Å²) in [6.07, 6.45) is 4.54. The third-order valence-corrected chi connectivity index (χ3v) is 5.65. The average Bonchev–Trinajstić information content (AvgIpc) is 2.87. The molecular weight excluding hydrogens is 357 g/mol. The zero-order chi connectivity index (χ0) is 15.6. The maximum absolute atomic E-state index is 12.1. The fourth-order valence-electron chi connectivity index (χ4n) is 2.44. The zero-order valence-corrected chi connectivity index (χ0v) is 14.1. The Morgan fingerprint density at radius 2 is 1.81 bits per heavy atom. The quantitative estimate of drug-likeness (QED) is 0.819. The lowest BCUT2D eigenvalue weighted by molar-refractivity contribution is 0.0947. The molecule has 0 aromatic heterocycles. The molecule has 1 saturated carbocycles. The number of carbonyl (C=O) groups is 1. The third kappa shape index (κ3) is 4.25. The smallest absolute Gasteiger partial charge is 0.262 e. The summed E-state index contributed by atoms with van der Waals surface area (Å²) < 4.78 is 22.8. The highest BCUT2D eigenvalue weighted by atomic mass is 35.7. The molecule has 8 heteroatoms. The molecule has 0 atom stereocenters. The van der Waals surface area contributed by atoms with Crippen LogP contribution in [0.5, 0.6) is 0 Å². The Morgan fingerprint density at radius 3 is 2.38 bits per heavy atom. The highest BCUT2D eigenvalue weighted by Crippen LogP contribution is 2.31. The Balaban J connectivity index is 2.20. The van der Waals surface area contributed by atoms with E-state index in [-0.39, 0.29) is 20.5 Å². The summed E-state index contributed by atoms with van der Waals surface area (Å²) in [7, 11) is 1.25. The second-order valence-corrected chi connectivity index (χ2v) is 8.41. The number of carbonyl (C=O) groups excluding carboxylic acids is 1. The highest BCUT2D eigenvalue weighted by molar-refractivity contribution is 8.13. The lowest BCUT2D eigenvalue weighted by Crippen LogP contribution is -2.28. The van der Waals surface area contributed by atoms with E-state index < -0.39 is 15.0 Å². The lowest BCUT2D eigenvalue weighted by Gasteiger charge is -2.12. The van der Waals surface area contributed by atoms with Crippen LogP contribution >= 0.6 is 33.9 Å². The first-order chi connectivity index (χ1) is 9.79. The predicted octanol–water partition coefficient (Wildman–Crippen LogP) is 3.84. The van der Waals surface area contributed by atoms with Gasteiger partial charge in [0.1, 0.15) is 4.90 Å². The largest absolute Gasteiger partial charge is 0.352 e. The highest BCUT2D eigenvalue weighted by Gasteiger charge is 2.22. The summed E-state index contributed by atoms with van der Waals surface area (Å²) in [4.78, 5) is 11.8. The van der Waals surface area contributed by atoms with Crippen LogP contribution in [-0.4, -0.2) is 20.9 Å². The van der Waals surface area contributed by atoms with E-state index in [1.165, 1.54) is 18.9 Å². The van der Waals surface area contributed by atoms with Crippen LogP contribution in [0.3, 0.4) is 0 Å². The van der Waals surface area contributed by atoms with E-state index in [1.807, 2.05) is 0 Å². The number of amides is 1. The molecule has 116 valence electrons. The van der Waals surface area contributed by atoms with Crippen LogP contribution in [0.15, 0.2) is 17.0 Å². The monoisotopic (exact) mass is 369 g/mol. The maximum atomic E-state index is 12.1. The first kappa shape index (κ1) is 16.9. The summed E-state index contributed by atoms with van der Waals surface area (Å²) >= 11 is 11.8. The van der Waals surface area contributed by atoms with Gasteiger partial charge in [0.15, 0.2) is 0 Å². The van der Waals surface area contributed by atoms with Gasteiger partial charge in [0.25, 0.3) is 15.0 Å². The minimum Gasteiger partial charge on any atom is -0.352 e. The minimum atomic E-state index is -4.04. The van der Waals surface area contributed by atoms with Crippen molar-refractivity contribution in [2.75, 3.05) is 6.54 Å². The Hall–Kier alpha value is -0.490. The van der Waals surface area contributed by atoms with Gasteiger partial charge in [0, 0.05) is 17.2 Å². The minimum absolute atomic E-state index is 0.0540. The molecule has 1 amide bonds. The number of hydrogen-bond donors (Lipinski definition) is 1. The van der Waals surface area contributed by atoms with Crippen molar-refractivity contribution < 1.29 is 13.2 Å². The topological polar surface area (TPSA) is 63.2 Å². The van der Waals surface area contributed by atoms with E-state index in [4.69, 9.17) is 33.9 Å². The summed E-state index contributed by atoms with van der Waals surface area (Å²) in [6.45, 7) is 0.556. The van der Waals surface area contributed by atoms with Crippen LogP contribution in [0.2, 0.25) is 10.0 Å². The van der Waals surface area contributed by atoms with Crippen molar-refractivity contribution in [3.8, 4) is 0 Å². The van der Waals surface area contributed by atoms with Crippen LogP contribution in [0, 0.1) is 5.92 Å². The number of halogens is 3.